The van der Waals surface area contributed by atoms with E-state index in [9.17, 15) is 9.59 Å². The molecule has 0 atom stereocenters. The molecule has 0 bridgehead atoms. The highest BCUT2D eigenvalue weighted by Gasteiger charge is 2.17. The molecule has 0 unspecified atom stereocenters. The Morgan fingerprint density at radius 1 is 1.11 bits per heavy atom. The highest BCUT2D eigenvalue weighted by molar-refractivity contribution is 5.96. The summed E-state index contributed by atoms with van der Waals surface area (Å²) in [7, 11) is 1.55. The van der Waals surface area contributed by atoms with Crippen LogP contribution in [0, 0.1) is 0 Å². The van der Waals surface area contributed by atoms with Crippen molar-refractivity contribution in [1.82, 2.24) is 20.1 Å². The first-order valence-electron chi connectivity index (χ1n) is 8.77. The summed E-state index contributed by atoms with van der Waals surface area (Å²) >= 11 is 0. The average molecular weight is 379 g/mol. The summed E-state index contributed by atoms with van der Waals surface area (Å²) in [4.78, 5) is 28.6. The van der Waals surface area contributed by atoms with Crippen molar-refractivity contribution in [3.05, 3.63) is 71.5 Å². The van der Waals surface area contributed by atoms with Gasteiger partial charge in [0.05, 0.1) is 13.5 Å². The predicted molar refractivity (Wildman–Crippen MR) is 104 cm³/mol. The molecule has 0 aliphatic heterocycles. The van der Waals surface area contributed by atoms with Crippen LogP contribution in [0.1, 0.15) is 21.7 Å². The van der Waals surface area contributed by atoms with Gasteiger partial charge < -0.3 is 15.8 Å². The van der Waals surface area contributed by atoms with Gasteiger partial charge in [0.2, 0.25) is 11.9 Å². The van der Waals surface area contributed by atoms with Gasteiger partial charge in [-0.05, 0) is 36.2 Å². The van der Waals surface area contributed by atoms with E-state index in [4.69, 9.17) is 10.5 Å². The van der Waals surface area contributed by atoms with Crippen LogP contribution in [0.4, 0.5) is 5.95 Å². The Kier molecular flexibility index (Phi) is 6.01. The molecule has 3 rings (SSSR count). The van der Waals surface area contributed by atoms with Gasteiger partial charge in [-0.1, -0.05) is 30.3 Å². The number of nitrogens with two attached hydrogens (primary N) is 1. The fourth-order valence-electron chi connectivity index (χ4n) is 2.65. The number of methoxy groups -OCH3 is 1. The summed E-state index contributed by atoms with van der Waals surface area (Å²) in [6, 6.07) is 16.4. The van der Waals surface area contributed by atoms with Crippen LogP contribution in [0.3, 0.4) is 0 Å². The number of ether oxygens (including phenoxy) is 1. The molecule has 0 spiro atoms. The Bertz CT molecular complexity index is 952. The zero-order chi connectivity index (χ0) is 19.9. The minimum Gasteiger partial charge on any atom is -0.497 e. The second-order valence-corrected chi connectivity index (χ2v) is 6.09. The van der Waals surface area contributed by atoms with Gasteiger partial charge in [0, 0.05) is 12.1 Å². The minimum atomic E-state index is -0.427. The molecule has 0 fully saturated rings. The van der Waals surface area contributed by atoms with E-state index in [0.717, 1.165) is 16.7 Å². The van der Waals surface area contributed by atoms with Crippen LogP contribution < -0.4 is 15.8 Å². The van der Waals surface area contributed by atoms with Gasteiger partial charge in [-0.15, -0.1) is 5.10 Å². The first-order valence-corrected chi connectivity index (χ1v) is 8.77. The quantitative estimate of drug-likeness (QED) is 0.643. The molecule has 2 aromatic carbocycles. The molecule has 144 valence electrons. The topological polar surface area (TPSA) is 112 Å². The van der Waals surface area contributed by atoms with Crippen molar-refractivity contribution in [2.45, 2.75) is 12.8 Å². The molecular formula is C20H21N5O3. The van der Waals surface area contributed by atoms with Crippen molar-refractivity contribution >= 4 is 17.8 Å². The molecular weight excluding hydrogens is 358 g/mol. The van der Waals surface area contributed by atoms with Crippen molar-refractivity contribution in [2.75, 3.05) is 19.4 Å². The molecule has 0 aliphatic carbocycles. The predicted octanol–water partition coefficient (Wildman–Crippen LogP) is 1.46. The number of hydrogen-bond donors (Lipinski definition) is 2. The molecule has 0 saturated heterocycles. The Morgan fingerprint density at radius 2 is 1.82 bits per heavy atom. The van der Waals surface area contributed by atoms with Gasteiger partial charge >= 0.3 is 0 Å². The van der Waals surface area contributed by atoms with Gasteiger partial charge in [-0.2, -0.15) is 9.67 Å². The van der Waals surface area contributed by atoms with Crippen molar-refractivity contribution < 1.29 is 14.3 Å². The lowest BCUT2D eigenvalue weighted by atomic mass is 10.1. The summed E-state index contributed by atoms with van der Waals surface area (Å²) in [6.07, 6.45) is 0.675. The van der Waals surface area contributed by atoms with Crippen LogP contribution in [0.25, 0.3) is 0 Å². The Morgan fingerprint density at radius 3 is 2.50 bits per heavy atom. The molecule has 8 nitrogen and oxygen atoms in total. The van der Waals surface area contributed by atoms with Gasteiger partial charge in [-0.3, -0.25) is 9.59 Å². The number of nitrogen functional groups attached to an aromatic ring is 1. The number of benzene rings is 2. The molecule has 1 amide bonds. The number of rotatable bonds is 7. The molecule has 0 radical (unpaired) electrons. The van der Waals surface area contributed by atoms with Crippen LogP contribution >= 0.6 is 0 Å². The first-order chi connectivity index (χ1) is 13.6. The highest BCUT2D eigenvalue weighted by Crippen LogP contribution is 2.13. The van der Waals surface area contributed by atoms with Gasteiger partial charge in [-0.25, -0.2) is 0 Å². The zero-order valence-corrected chi connectivity index (χ0v) is 15.5. The third-order valence-electron chi connectivity index (χ3n) is 4.10. The molecule has 0 saturated carbocycles. The fraction of sp³-hybridized carbons (Fsp3) is 0.200. The lowest BCUT2D eigenvalue weighted by Crippen LogP contribution is -2.27. The van der Waals surface area contributed by atoms with Crippen LogP contribution in [-0.2, 0) is 17.6 Å². The molecule has 8 heteroatoms. The van der Waals surface area contributed by atoms with E-state index in [-0.39, 0.29) is 24.1 Å². The van der Waals surface area contributed by atoms with Crippen molar-refractivity contribution in [3.8, 4) is 5.75 Å². The van der Waals surface area contributed by atoms with Gasteiger partial charge in [0.1, 0.15) is 5.75 Å². The second-order valence-electron chi connectivity index (χ2n) is 6.09. The van der Waals surface area contributed by atoms with Crippen molar-refractivity contribution in [3.63, 3.8) is 0 Å². The number of carbonyl (C=O) groups is 2. The smallest absolute Gasteiger partial charge is 0.281 e. The lowest BCUT2D eigenvalue weighted by molar-refractivity contribution is -0.120. The molecule has 3 aromatic rings. The Hall–Kier alpha value is -3.68. The van der Waals surface area contributed by atoms with Gasteiger partial charge in [0.15, 0.2) is 5.82 Å². The summed E-state index contributed by atoms with van der Waals surface area (Å²) in [5.74, 6) is 0.105. The number of nitrogens with zero attached hydrogens (tertiary/aromatic N) is 3. The third kappa shape index (κ3) is 4.73. The number of aromatic nitrogens is 3. The first kappa shape index (κ1) is 19.1. The van der Waals surface area contributed by atoms with Crippen LogP contribution in [-0.4, -0.2) is 40.2 Å². The Labute approximate surface area is 162 Å². The van der Waals surface area contributed by atoms with Crippen LogP contribution in [0.2, 0.25) is 0 Å². The number of carbonyl (C=O) groups excluding carboxylic acids is 2. The van der Waals surface area contributed by atoms with E-state index in [1.807, 2.05) is 30.3 Å². The minimum absolute atomic E-state index is 0.0537. The standard InChI is InChI=1S/C20H21N5O3/c1-28-16-9-7-15(8-10-16)19(27)25-20(21)23-17(24-25)13-18(26)22-12-11-14-5-3-2-4-6-14/h2-10H,11-13H2,1H3,(H,22,26)(H2,21,23,24). The van der Waals surface area contributed by atoms with E-state index in [0.29, 0.717) is 17.9 Å². The number of hydrogen-bond acceptors (Lipinski definition) is 6. The third-order valence-corrected chi connectivity index (χ3v) is 4.10. The number of anilines is 1. The van der Waals surface area contributed by atoms with E-state index in [1.54, 1.807) is 31.4 Å². The van der Waals surface area contributed by atoms with E-state index >= 15 is 0 Å². The summed E-state index contributed by atoms with van der Waals surface area (Å²) in [5.41, 5.74) is 7.32. The number of nitrogens with one attached hydrogen (secondary N) is 1. The summed E-state index contributed by atoms with van der Waals surface area (Å²) in [5, 5.41) is 6.89. The summed E-state index contributed by atoms with van der Waals surface area (Å²) in [6.45, 7) is 0.504. The van der Waals surface area contributed by atoms with E-state index in [2.05, 4.69) is 15.4 Å². The molecule has 1 heterocycles. The largest absolute Gasteiger partial charge is 0.497 e. The summed E-state index contributed by atoms with van der Waals surface area (Å²) < 4.78 is 6.07. The molecule has 0 aliphatic rings. The average Bonchev–Trinajstić information content (AvgIpc) is 3.08. The van der Waals surface area contributed by atoms with Crippen molar-refractivity contribution in [1.29, 1.82) is 0 Å². The molecule has 1 aromatic heterocycles. The highest BCUT2D eigenvalue weighted by atomic mass is 16.5. The second kappa shape index (κ2) is 8.81. The maximum atomic E-state index is 12.5. The van der Waals surface area contributed by atoms with Crippen molar-refractivity contribution in [2.24, 2.45) is 0 Å². The maximum absolute atomic E-state index is 12.5. The normalized spacial score (nSPS) is 10.5. The SMILES string of the molecule is COc1ccc(C(=O)n2nc(CC(=O)NCCc3ccccc3)nc2N)cc1. The monoisotopic (exact) mass is 379 g/mol. The zero-order valence-electron chi connectivity index (χ0n) is 15.5. The van der Waals surface area contributed by atoms with Crippen LogP contribution in [0.15, 0.2) is 54.6 Å². The fourth-order valence-corrected chi connectivity index (χ4v) is 2.65. The van der Waals surface area contributed by atoms with E-state index in [1.165, 1.54) is 0 Å². The van der Waals surface area contributed by atoms with Gasteiger partial charge in [0.25, 0.3) is 5.91 Å². The Balaban J connectivity index is 1.58. The number of amides is 1. The molecule has 28 heavy (non-hydrogen) atoms. The maximum Gasteiger partial charge on any atom is 0.281 e. The van der Waals surface area contributed by atoms with E-state index < -0.39 is 5.91 Å². The molecule has 3 N–H and O–H groups in total. The lowest BCUT2D eigenvalue weighted by Gasteiger charge is -2.04. The van der Waals surface area contributed by atoms with Crippen LogP contribution in [0.5, 0.6) is 5.75 Å².